The van der Waals surface area contributed by atoms with E-state index in [1.807, 2.05) is 0 Å². The normalized spacial score (nSPS) is 11.5. The fourth-order valence-corrected chi connectivity index (χ4v) is 9.67. The van der Waals surface area contributed by atoms with Gasteiger partial charge in [0, 0.05) is 33.3 Å². The maximum absolute atomic E-state index is 2.42. The van der Waals surface area contributed by atoms with Crippen molar-refractivity contribution in [3.63, 3.8) is 0 Å². The van der Waals surface area contributed by atoms with Crippen LogP contribution in [0.2, 0.25) is 0 Å². The van der Waals surface area contributed by atoms with E-state index < -0.39 is 0 Å². The second-order valence-electron chi connectivity index (χ2n) is 16.1. The fourth-order valence-electron chi connectivity index (χ4n) is 9.67. The molecule has 0 spiro atoms. The van der Waals surface area contributed by atoms with Crippen LogP contribution in [0.15, 0.2) is 243 Å². The van der Waals surface area contributed by atoms with Gasteiger partial charge in [0.25, 0.3) is 0 Å². The Hall–Kier alpha value is -8.20. The lowest BCUT2D eigenvalue weighted by Crippen LogP contribution is -2.11. The molecule has 2 heteroatoms. The van der Waals surface area contributed by atoms with Gasteiger partial charge in [-0.2, -0.15) is 0 Å². The van der Waals surface area contributed by atoms with Crippen molar-refractivity contribution in [3.05, 3.63) is 243 Å². The Balaban J connectivity index is 1.01. The smallest absolute Gasteiger partial charge is 0.0541 e. The van der Waals surface area contributed by atoms with Gasteiger partial charge in [0.05, 0.1) is 22.4 Å². The molecule has 0 radical (unpaired) electrons. The Morgan fingerprint density at radius 1 is 0.290 bits per heavy atom. The predicted octanol–water partition coefficient (Wildman–Crippen LogP) is 16.7. The van der Waals surface area contributed by atoms with Crippen LogP contribution in [0.5, 0.6) is 0 Å². The zero-order chi connectivity index (χ0) is 41.0. The molecule has 0 bridgehead atoms. The van der Waals surface area contributed by atoms with Crippen LogP contribution in [0.1, 0.15) is 0 Å². The molecule has 62 heavy (non-hydrogen) atoms. The molecule has 12 rings (SSSR count). The van der Waals surface area contributed by atoms with E-state index in [0.717, 1.165) is 28.3 Å². The zero-order valence-electron chi connectivity index (χ0n) is 34.0. The van der Waals surface area contributed by atoms with E-state index in [0.29, 0.717) is 0 Å². The molecule has 1 aromatic heterocycles. The number of fused-ring (bicyclic) bond motifs is 8. The first kappa shape index (κ1) is 35.7. The number of hydrogen-bond donors (Lipinski definition) is 0. The Morgan fingerprint density at radius 3 is 1.60 bits per heavy atom. The van der Waals surface area contributed by atoms with Crippen LogP contribution in [-0.2, 0) is 0 Å². The number of anilines is 3. The van der Waals surface area contributed by atoms with E-state index >= 15 is 0 Å². The summed E-state index contributed by atoms with van der Waals surface area (Å²) in [6, 6.07) is 88.5. The van der Waals surface area contributed by atoms with E-state index in [1.54, 1.807) is 0 Å². The molecule has 0 aliphatic rings. The summed E-state index contributed by atoms with van der Waals surface area (Å²) in [6.07, 6.45) is 0. The third-order valence-electron chi connectivity index (χ3n) is 12.6. The second-order valence-corrected chi connectivity index (χ2v) is 16.1. The van der Waals surface area contributed by atoms with Gasteiger partial charge in [-0.05, 0) is 109 Å². The lowest BCUT2D eigenvalue weighted by Gasteiger charge is -2.28. The van der Waals surface area contributed by atoms with Crippen molar-refractivity contribution < 1.29 is 0 Å². The van der Waals surface area contributed by atoms with Crippen LogP contribution in [0, 0.1) is 0 Å². The summed E-state index contributed by atoms with van der Waals surface area (Å²) in [6.45, 7) is 0. The summed E-state index contributed by atoms with van der Waals surface area (Å²) < 4.78 is 2.42. The molecule has 12 aromatic rings. The van der Waals surface area contributed by atoms with Crippen molar-refractivity contribution in [3.8, 4) is 39.1 Å². The Morgan fingerprint density at radius 2 is 0.823 bits per heavy atom. The van der Waals surface area contributed by atoms with Gasteiger partial charge >= 0.3 is 0 Å². The summed E-state index contributed by atoms with van der Waals surface area (Å²) in [5.41, 5.74) is 13.9. The van der Waals surface area contributed by atoms with Crippen LogP contribution in [0.25, 0.3) is 93.2 Å². The van der Waals surface area contributed by atoms with E-state index in [-0.39, 0.29) is 0 Å². The van der Waals surface area contributed by atoms with Gasteiger partial charge in [0.2, 0.25) is 0 Å². The largest absolute Gasteiger partial charge is 0.310 e. The average molecular weight is 789 g/mol. The van der Waals surface area contributed by atoms with Gasteiger partial charge in [-0.15, -0.1) is 0 Å². The Labute approximate surface area is 360 Å². The molecule has 0 amide bonds. The molecule has 0 saturated heterocycles. The molecule has 290 valence electrons. The lowest BCUT2D eigenvalue weighted by atomic mass is 9.93. The number of nitrogens with zero attached hydrogens (tertiary/aromatic N) is 2. The Bertz CT molecular complexity index is 3580. The average Bonchev–Trinajstić information content (AvgIpc) is 3.69. The monoisotopic (exact) mass is 788 g/mol. The summed E-state index contributed by atoms with van der Waals surface area (Å²) >= 11 is 0. The molecular formula is C60H40N2. The topological polar surface area (TPSA) is 8.17 Å². The molecule has 0 saturated carbocycles. The highest BCUT2D eigenvalue weighted by molar-refractivity contribution is 6.20. The third-order valence-corrected chi connectivity index (χ3v) is 12.6. The molecule has 0 unspecified atom stereocenters. The van der Waals surface area contributed by atoms with E-state index in [1.165, 1.54) is 81.9 Å². The summed E-state index contributed by atoms with van der Waals surface area (Å²) in [5.74, 6) is 0. The first-order valence-corrected chi connectivity index (χ1v) is 21.3. The van der Waals surface area contributed by atoms with Crippen LogP contribution >= 0.6 is 0 Å². The van der Waals surface area contributed by atoms with E-state index in [9.17, 15) is 0 Å². The number of rotatable bonds is 7. The van der Waals surface area contributed by atoms with Gasteiger partial charge in [0.1, 0.15) is 0 Å². The highest BCUT2D eigenvalue weighted by atomic mass is 15.1. The minimum absolute atomic E-state index is 1.08. The van der Waals surface area contributed by atoms with E-state index in [2.05, 4.69) is 252 Å². The molecule has 2 nitrogen and oxygen atoms in total. The van der Waals surface area contributed by atoms with Crippen molar-refractivity contribution in [2.75, 3.05) is 4.90 Å². The maximum atomic E-state index is 2.42. The van der Waals surface area contributed by atoms with E-state index in [4.69, 9.17) is 0 Å². The van der Waals surface area contributed by atoms with Crippen molar-refractivity contribution in [1.29, 1.82) is 0 Å². The maximum Gasteiger partial charge on any atom is 0.0541 e. The highest BCUT2D eigenvalue weighted by Crippen LogP contribution is 2.44. The molecule has 11 aromatic carbocycles. The van der Waals surface area contributed by atoms with Crippen molar-refractivity contribution in [2.24, 2.45) is 0 Å². The number of para-hydroxylation sites is 4. The minimum Gasteiger partial charge on any atom is -0.310 e. The van der Waals surface area contributed by atoms with Crippen LogP contribution in [0.4, 0.5) is 17.1 Å². The standard InChI is InChI=1S/C60H40N2/c1-2-15-41(16-3-1)50-20-6-10-25-56(50)61(49-19-14-18-46(39-49)47-34-31-44-30-33-45-32-29-42-17-4-5-22-52(42)60(45)55(44)40-47)48-37-35-43(36-38-48)51-21-7-11-26-57(51)62-58-27-12-8-23-53(58)54-24-9-13-28-59(54)62/h1-40H. The fraction of sp³-hybridized carbons (Fsp3) is 0. The number of hydrogen-bond acceptors (Lipinski definition) is 1. The van der Waals surface area contributed by atoms with Crippen LogP contribution in [-0.4, -0.2) is 4.57 Å². The molecular weight excluding hydrogens is 749 g/mol. The summed E-state index contributed by atoms with van der Waals surface area (Å²) in [4.78, 5) is 2.42. The molecule has 0 aliphatic heterocycles. The van der Waals surface area contributed by atoms with Gasteiger partial charge in [-0.25, -0.2) is 0 Å². The van der Waals surface area contributed by atoms with Crippen molar-refractivity contribution in [2.45, 2.75) is 0 Å². The molecule has 1 heterocycles. The number of aromatic nitrogens is 1. The first-order valence-electron chi connectivity index (χ1n) is 21.3. The SMILES string of the molecule is c1ccc(-c2ccccc2N(c2ccc(-c3ccccc3-n3c4ccccc4c4ccccc43)cc2)c2cccc(-c3ccc4ccc5ccc6ccccc6c5c4c3)c2)cc1. The Kier molecular flexibility index (Phi) is 8.53. The van der Waals surface area contributed by atoms with Gasteiger partial charge in [-0.1, -0.05) is 188 Å². The number of benzene rings is 11. The zero-order valence-corrected chi connectivity index (χ0v) is 34.0. The molecule has 0 fully saturated rings. The first-order chi connectivity index (χ1) is 30.8. The van der Waals surface area contributed by atoms with Gasteiger partial charge in [-0.3, -0.25) is 0 Å². The summed E-state index contributed by atoms with van der Waals surface area (Å²) in [5, 5.41) is 10.1. The molecule has 0 N–H and O–H groups in total. The van der Waals surface area contributed by atoms with Gasteiger partial charge < -0.3 is 9.47 Å². The van der Waals surface area contributed by atoms with Gasteiger partial charge in [0.15, 0.2) is 0 Å². The lowest BCUT2D eigenvalue weighted by molar-refractivity contribution is 1.18. The summed E-state index contributed by atoms with van der Waals surface area (Å²) in [7, 11) is 0. The third kappa shape index (κ3) is 5.96. The van der Waals surface area contributed by atoms with Crippen LogP contribution in [0.3, 0.4) is 0 Å². The predicted molar refractivity (Wildman–Crippen MR) is 264 cm³/mol. The van der Waals surface area contributed by atoms with Crippen molar-refractivity contribution >= 4 is 71.2 Å². The molecule has 0 atom stereocenters. The molecule has 0 aliphatic carbocycles. The second kappa shape index (κ2) is 14.8. The quantitative estimate of drug-likeness (QED) is 0.146. The minimum atomic E-state index is 1.08. The van der Waals surface area contributed by atoms with Crippen molar-refractivity contribution in [1.82, 2.24) is 4.57 Å². The highest BCUT2D eigenvalue weighted by Gasteiger charge is 2.20. The van der Waals surface area contributed by atoms with Crippen LogP contribution < -0.4 is 4.90 Å².